The minimum absolute atomic E-state index is 0.0764. The number of hydrogen-bond acceptors (Lipinski definition) is 4. The van der Waals surface area contributed by atoms with Crippen LogP contribution in [0.4, 0.5) is 10.1 Å². The summed E-state index contributed by atoms with van der Waals surface area (Å²) < 4.78 is 18.6. The number of nitrogens with one attached hydrogen (secondary N) is 1. The Labute approximate surface area is 116 Å². The van der Waals surface area contributed by atoms with Crippen molar-refractivity contribution in [2.75, 3.05) is 18.5 Å². The fourth-order valence-electron chi connectivity index (χ4n) is 1.49. The lowest BCUT2D eigenvalue weighted by Gasteiger charge is -2.08. The lowest BCUT2D eigenvalue weighted by atomic mass is 10.1. The second kappa shape index (κ2) is 8.11. The summed E-state index contributed by atoms with van der Waals surface area (Å²) in [6.07, 6.45) is 1.10. The molecule has 6 nitrogen and oxygen atoms in total. The standard InChI is InChI=1S/C13H18FN3O3/c1-2-6-20-7-5-12(18)16-9-3-4-11(14)10(8-9)13(15)17-19/h3-4,8,19H,2,5-7H2,1H3,(H2,15,17)(H,16,18). The molecule has 0 aliphatic carbocycles. The van der Waals surface area contributed by atoms with Crippen molar-refractivity contribution in [3.8, 4) is 0 Å². The largest absolute Gasteiger partial charge is 0.409 e. The first kappa shape index (κ1) is 15.9. The Kier molecular flexibility index (Phi) is 6.45. The zero-order chi connectivity index (χ0) is 15.0. The maximum absolute atomic E-state index is 13.4. The molecule has 0 aromatic heterocycles. The van der Waals surface area contributed by atoms with Crippen molar-refractivity contribution >= 4 is 17.4 Å². The predicted octanol–water partition coefficient (Wildman–Crippen LogP) is 1.68. The number of carbonyl (C=O) groups is 1. The van der Waals surface area contributed by atoms with Crippen LogP contribution in [0, 0.1) is 5.82 Å². The van der Waals surface area contributed by atoms with Gasteiger partial charge in [-0.25, -0.2) is 4.39 Å². The summed E-state index contributed by atoms with van der Waals surface area (Å²) in [4.78, 5) is 11.6. The molecule has 20 heavy (non-hydrogen) atoms. The maximum atomic E-state index is 13.4. The fraction of sp³-hybridized carbons (Fsp3) is 0.385. The summed E-state index contributed by atoms with van der Waals surface area (Å²) in [7, 11) is 0. The van der Waals surface area contributed by atoms with E-state index in [2.05, 4.69) is 10.5 Å². The molecule has 110 valence electrons. The normalized spacial score (nSPS) is 11.4. The number of carbonyl (C=O) groups excluding carboxylic acids is 1. The lowest BCUT2D eigenvalue weighted by molar-refractivity contribution is -0.117. The molecule has 0 saturated carbocycles. The van der Waals surface area contributed by atoms with Crippen LogP contribution in [0.2, 0.25) is 0 Å². The first-order chi connectivity index (χ1) is 9.58. The first-order valence-electron chi connectivity index (χ1n) is 6.23. The number of oxime groups is 1. The summed E-state index contributed by atoms with van der Waals surface area (Å²) in [5.74, 6) is -1.24. The number of nitrogens with zero attached hydrogens (tertiary/aromatic N) is 1. The number of hydrogen-bond donors (Lipinski definition) is 3. The van der Waals surface area contributed by atoms with Gasteiger partial charge in [0.1, 0.15) is 5.82 Å². The van der Waals surface area contributed by atoms with Crippen LogP contribution in [0.25, 0.3) is 0 Å². The smallest absolute Gasteiger partial charge is 0.226 e. The Balaban J connectivity index is 2.62. The van der Waals surface area contributed by atoms with Crippen molar-refractivity contribution in [2.24, 2.45) is 10.9 Å². The molecule has 1 aromatic rings. The fourth-order valence-corrected chi connectivity index (χ4v) is 1.49. The van der Waals surface area contributed by atoms with E-state index in [1.807, 2.05) is 6.92 Å². The molecule has 1 aromatic carbocycles. The van der Waals surface area contributed by atoms with Gasteiger partial charge < -0.3 is 21.0 Å². The highest BCUT2D eigenvalue weighted by molar-refractivity contribution is 5.99. The van der Waals surface area contributed by atoms with Crippen molar-refractivity contribution in [3.63, 3.8) is 0 Å². The van der Waals surface area contributed by atoms with Gasteiger partial charge in [0, 0.05) is 12.3 Å². The zero-order valence-corrected chi connectivity index (χ0v) is 11.2. The molecule has 0 aliphatic rings. The number of benzene rings is 1. The number of rotatable bonds is 7. The van der Waals surface area contributed by atoms with E-state index in [9.17, 15) is 9.18 Å². The maximum Gasteiger partial charge on any atom is 0.226 e. The van der Waals surface area contributed by atoms with Crippen molar-refractivity contribution in [1.29, 1.82) is 0 Å². The van der Waals surface area contributed by atoms with Gasteiger partial charge in [-0.1, -0.05) is 12.1 Å². The number of anilines is 1. The Hall–Kier alpha value is -2.15. The number of amides is 1. The van der Waals surface area contributed by atoms with Gasteiger partial charge in [0.2, 0.25) is 5.91 Å². The van der Waals surface area contributed by atoms with Crippen molar-refractivity contribution in [2.45, 2.75) is 19.8 Å². The molecule has 0 saturated heterocycles. The van der Waals surface area contributed by atoms with Gasteiger partial charge in [0.15, 0.2) is 5.84 Å². The van der Waals surface area contributed by atoms with Gasteiger partial charge in [0.25, 0.3) is 0 Å². The number of ether oxygens (including phenoxy) is 1. The van der Waals surface area contributed by atoms with Crippen molar-refractivity contribution in [3.05, 3.63) is 29.6 Å². The minimum Gasteiger partial charge on any atom is -0.409 e. The van der Waals surface area contributed by atoms with Crippen LogP contribution in [-0.2, 0) is 9.53 Å². The summed E-state index contributed by atoms with van der Waals surface area (Å²) in [5, 5.41) is 13.9. The molecular weight excluding hydrogens is 265 g/mol. The first-order valence-corrected chi connectivity index (χ1v) is 6.23. The summed E-state index contributed by atoms with van der Waals surface area (Å²) >= 11 is 0. The van der Waals surface area contributed by atoms with Gasteiger partial charge in [-0.3, -0.25) is 4.79 Å². The van der Waals surface area contributed by atoms with Crippen molar-refractivity contribution in [1.82, 2.24) is 0 Å². The monoisotopic (exact) mass is 283 g/mol. The molecular formula is C13H18FN3O3. The molecule has 0 spiro atoms. The molecule has 1 amide bonds. The molecule has 0 aliphatic heterocycles. The molecule has 0 radical (unpaired) electrons. The zero-order valence-electron chi connectivity index (χ0n) is 11.2. The van der Waals surface area contributed by atoms with E-state index in [0.717, 1.165) is 12.5 Å². The molecule has 7 heteroatoms. The van der Waals surface area contributed by atoms with E-state index >= 15 is 0 Å². The third kappa shape index (κ3) is 4.85. The average molecular weight is 283 g/mol. The van der Waals surface area contributed by atoms with Crippen LogP contribution in [-0.4, -0.2) is 30.2 Å². The minimum atomic E-state index is -0.635. The highest BCUT2D eigenvalue weighted by Gasteiger charge is 2.10. The van der Waals surface area contributed by atoms with Crippen LogP contribution < -0.4 is 11.1 Å². The quantitative estimate of drug-likeness (QED) is 0.233. The Morgan fingerprint density at radius 3 is 2.90 bits per heavy atom. The molecule has 1 rings (SSSR count). The van der Waals surface area contributed by atoms with E-state index in [1.54, 1.807) is 0 Å². The van der Waals surface area contributed by atoms with E-state index in [1.165, 1.54) is 12.1 Å². The van der Waals surface area contributed by atoms with E-state index in [0.29, 0.717) is 18.9 Å². The Morgan fingerprint density at radius 1 is 1.50 bits per heavy atom. The lowest BCUT2D eigenvalue weighted by Crippen LogP contribution is -2.17. The second-order valence-corrected chi connectivity index (χ2v) is 4.09. The average Bonchev–Trinajstić information content (AvgIpc) is 2.45. The molecule has 0 unspecified atom stereocenters. The molecule has 4 N–H and O–H groups in total. The Morgan fingerprint density at radius 2 is 2.25 bits per heavy atom. The molecule has 0 bridgehead atoms. The van der Waals surface area contributed by atoms with E-state index < -0.39 is 5.82 Å². The third-order valence-electron chi connectivity index (χ3n) is 2.46. The van der Waals surface area contributed by atoms with Crippen LogP contribution in [0.15, 0.2) is 23.4 Å². The molecule has 0 heterocycles. The van der Waals surface area contributed by atoms with E-state index in [4.69, 9.17) is 15.7 Å². The Bertz CT molecular complexity index is 492. The second-order valence-electron chi connectivity index (χ2n) is 4.09. The summed E-state index contributed by atoms with van der Waals surface area (Å²) in [6, 6.07) is 3.83. The SMILES string of the molecule is CCCOCCC(=O)Nc1ccc(F)c(C(N)=NO)c1. The number of nitrogens with two attached hydrogens (primary N) is 1. The third-order valence-corrected chi connectivity index (χ3v) is 2.46. The van der Waals surface area contributed by atoms with Gasteiger partial charge in [-0.05, 0) is 24.6 Å². The molecule has 0 atom stereocenters. The number of amidine groups is 1. The van der Waals surface area contributed by atoms with Crippen LogP contribution >= 0.6 is 0 Å². The highest BCUT2D eigenvalue weighted by Crippen LogP contribution is 2.15. The van der Waals surface area contributed by atoms with Crippen molar-refractivity contribution < 1.29 is 19.1 Å². The van der Waals surface area contributed by atoms with Gasteiger partial charge in [-0.2, -0.15) is 0 Å². The highest BCUT2D eigenvalue weighted by atomic mass is 19.1. The van der Waals surface area contributed by atoms with Crippen LogP contribution in [0.1, 0.15) is 25.3 Å². The predicted molar refractivity (Wildman–Crippen MR) is 73.3 cm³/mol. The van der Waals surface area contributed by atoms with Crippen LogP contribution in [0.5, 0.6) is 0 Å². The topological polar surface area (TPSA) is 96.9 Å². The van der Waals surface area contributed by atoms with Crippen LogP contribution in [0.3, 0.4) is 0 Å². The summed E-state index contributed by atoms with van der Waals surface area (Å²) in [6.45, 7) is 2.92. The van der Waals surface area contributed by atoms with Gasteiger partial charge in [0.05, 0.1) is 18.6 Å². The summed E-state index contributed by atoms with van der Waals surface area (Å²) in [5.41, 5.74) is 5.63. The molecule has 0 fully saturated rings. The van der Waals surface area contributed by atoms with E-state index in [-0.39, 0.29) is 23.7 Å². The van der Waals surface area contributed by atoms with Gasteiger partial charge in [-0.15, -0.1) is 0 Å². The van der Waals surface area contributed by atoms with Gasteiger partial charge >= 0.3 is 0 Å². The number of halogens is 1.